The van der Waals surface area contributed by atoms with E-state index in [1.54, 1.807) is 0 Å². The van der Waals surface area contributed by atoms with E-state index in [1.165, 1.54) is 0 Å². The van der Waals surface area contributed by atoms with Gasteiger partial charge in [0.1, 0.15) is 0 Å². The first-order valence-electron chi connectivity index (χ1n) is 3.30. The van der Waals surface area contributed by atoms with E-state index >= 15 is 0 Å². The molecule has 78 valence electrons. The van der Waals surface area contributed by atoms with E-state index < -0.39 is 36.7 Å². The minimum Gasteiger partial charge on any atom is -0.481 e. The Morgan fingerprint density at radius 3 is 1.93 bits per heavy atom. The van der Waals surface area contributed by atoms with E-state index in [1.807, 2.05) is 0 Å². The first-order valence-corrected chi connectivity index (χ1v) is 3.30. The van der Waals surface area contributed by atoms with E-state index in [-0.39, 0.29) is 0 Å². The van der Waals surface area contributed by atoms with Crippen molar-refractivity contribution in [3.05, 3.63) is 0 Å². The normalized spacial score (nSPS) is 8.86. The summed E-state index contributed by atoms with van der Waals surface area (Å²) in [5.41, 5.74) is 0. The van der Waals surface area contributed by atoms with Crippen LogP contribution < -0.4 is 0 Å². The van der Waals surface area contributed by atoms with Crippen molar-refractivity contribution >= 4 is 23.9 Å². The second-order valence-electron chi connectivity index (χ2n) is 2.03. The molecule has 0 rings (SSSR count). The molecule has 14 heavy (non-hydrogen) atoms. The third-order valence-corrected chi connectivity index (χ3v) is 0.928. The van der Waals surface area contributed by atoms with Gasteiger partial charge >= 0.3 is 23.9 Å². The maximum Gasteiger partial charge on any atom is 0.462 e. The Hall–Kier alpha value is -2.12. The van der Waals surface area contributed by atoms with Crippen molar-refractivity contribution in [2.75, 3.05) is 0 Å². The number of hydrogen-bond acceptors (Lipinski definition) is 6. The Morgan fingerprint density at radius 1 is 0.929 bits per heavy atom. The van der Waals surface area contributed by atoms with Gasteiger partial charge in [0, 0.05) is 0 Å². The van der Waals surface area contributed by atoms with Crippen molar-refractivity contribution in [2.24, 2.45) is 0 Å². The van der Waals surface area contributed by atoms with Crippen LogP contribution in [0.25, 0.3) is 0 Å². The first-order chi connectivity index (χ1) is 6.43. The largest absolute Gasteiger partial charge is 0.481 e. The molecule has 0 fully saturated rings. The van der Waals surface area contributed by atoms with Crippen molar-refractivity contribution in [1.29, 1.82) is 0 Å². The number of aliphatic carboxylic acids is 2. The van der Waals surface area contributed by atoms with Crippen LogP contribution in [-0.2, 0) is 29.0 Å². The molecule has 0 heterocycles. The summed E-state index contributed by atoms with van der Waals surface area (Å²) < 4.78 is 0. The van der Waals surface area contributed by atoms with Crippen LogP contribution in [0.2, 0.25) is 0 Å². The first kappa shape index (κ1) is 11.9. The molecule has 0 unspecified atom stereocenters. The molecule has 0 aliphatic heterocycles. The van der Waals surface area contributed by atoms with Gasteiger partial charge in [-0.15, -0.1) is 0 Å². The zero-order valence-electron chi connectivity index (χ0n) is 6.76. The zero-order valence-corrected chi connectivity index (χ0v) is 6.76. The monoisotopic (exact) mass is 206 g/mol. The van der Waals surface area contributed by atoms with Crippen LogP contribution in [0.3, 0.4) is 0 Å². The lowest BCUT2D eigenvalue weighted by Crippen LogP contribution is -2.19. The van der Waals surface area contributed by atoms with Crippen molar-refractivity contribution in [3.8, 4) is 0 Å². The van der Waals surface area contributed by atoms with Gasteiger partial charge in [0.2, 0.25) is 0 Å². The van der Waals surface area contributed by atoms with E-state index in [0.717, 1.165) is 0 Å². The summed E-state index contributed by atoms with van der Waals surface area (Å²) in [6.07, 6.45) is -1.01. The molecule has 8 heteroatoms. The van der Waals surface area contributed by atoms with Crippen LogP contribution >= 0.6 is 0 Å². The molecule has 0 saturated heterocycles. The molecule has 2 N–H and O–H groups in total. The Balaban J connectivity index is 3.69. The fraction of sp³-hybridized carbons (Fsp3) is 0.333. The van der Waals surface area contributed by atoms with Gasteiger partial charge in [-0.25, -0.2) is 24.2 Å². The van der Waals surface area contributed by atoms with Gasteiger partial charge < -0.3 is 10.2 Å². The van der Waals surface area contributed by atoms with Crippen molar-refractivity contribution in [3.63, 3.8) is 0 Å². The lowest BCUT2D eigenvalue weighted by atomic mass is 10.3. The molecule has 8 nitrogen and oxygen atoms in total. The quantitative estimate of drug-likeness (QED) is 0.339. The van der Waals surface area contributed by atoms with Gasteiger partial charge in [0.25, 0.3) is 0 Å². The van der Waals surface area contributed by atoms with Gasteiger partial charge in [-0.05, 0) is 0 Å². The van der Waals surface area contributed by atoms with Crippen LogP contribution in [0.1, 0.15) is 12.8 Å². The topological polar surface area (TPSA) is 127 Å². The van der Waals surface area contributed by atoms with Crippen molar-refractivity contribution < 1.29 is 39.2 Å². The molecular formula is C6H6O8. The van der Waals surface area contributed by atoms with Gasteiger partial charge in [-0.1, -0.05) is 0 Å². The van der Waals surface area contributed by atoms with E-state index in [4.69, 9.17) is 10.2 Å². The maximum absolute atomic E-state index is 10.5. The predicted octanol–water partition coefficient (Wildman–Crippen LogP) is -1.06. The molecule has 0 saturated carbocycles. The third-order valence-electron chi connectivity index (χ3n) is 0.928. The molecule has 0 aliphatic rings. The number of rotatable bonds is 3. The molecule has 0 spiro atoms. The average molecular weight is 206 g/mol. The van der Waals surface area contributed by atoms with Crippen LogP contribution in [-0.4, -0.2) is 34.1 Å². The fourth-order valence-electron chi connectivity index (χ4n) is 0.371. The van der Waals surface area contributed by atoms with Crippen molar-refractivity contribution in [2.45, 2.75) is 12.8 Å². The number of carbonyl (C=O) groups excluding carboxylic acids is 2. The van der Waals surface area contributed by atoms with E-state index in [9.17, 15) is 19.2 Å². The van der Waals surface area contributed by atoms with Crippen molar-refractivity contribution in [1.82, 2.24) is 0 Å². The highest BCUT2D eigenvalue weighted by molar-refractivity contribution is 6.28. The maximum atomic E-state index is 10.5. The van der Waals surface area contributed by atoms with Crippen LogP contribution in [0.15, 0.2) is 0 Å². The number of carbonyl (C=O) groups is 4. The highest BCUT2D eigenvalue weighted by Gasteiger charge is 2.17. The average Bonchev–Trinajstić information content (AvgIpc) is 2.10. The smallest absolute Gasteiger partial charge is 0.462 e. The molecule has 0 aromatic carbocycles. The predicted molar refractivity (Wildman–Crippen MR) is 36.7 cm³/mol. The minimum absolute atomic E-state index is 0.497. The van der Waals surface area contributed by atoms with Crippen LogP contribution in [0, 0.1) is 0 Å². The number of carboxylic acids is 2. The molecule has 0 aliphatic carbocycles. The number of hydrogen-bond donors (Lipinski definition) is 2. The second kappa shape index (κ2) is 5.51. The molecule has 0 atom stereocenters. The highest BCUT2D eigenvalue weighted by Crippen LogP contribution is 1.93. The lowest BCUT2D eigenvalue weighted by molar-refractivity contribution is -0.258. The summed E-state index contributed by atoms with van der Waals surface area (Å²) in [6, 6.07) is 0. The zero-order chi connectivity index (χ0) is 11.1. The standard InChI is InChI=1S/C6H6O8/c7-3(8)1-2-4(9)13-14-6(12)5(10)11/h1-2H2,(H,7,8)(H,10,11). The Kier molecular flexibility index (Phi) is 4.68. The molecular weight excluding hydrogens is 200 g/mol. The van der Waals surface area contributed by atoms with E-state index in [2.05, 4.69) is 9.78 Å². The summed E-state index contributed by atoms with van der Waals surface area (Å²) in [7, 11) is 0. The summed E-state index contributed by atoms with van der Waals surface area (Å²) >= 11 is 0. The van der Waals surface area contributed by atoms with Gasteiger partial charge in [-0.3, -0.25) is 4.79 Å². The second-order valence-corrected chi connectivity index (χ2v) is 2.03. The molecule has 0 aromatic rings. The summed E-state index contributed by atoms with van der Waals surface area (Å²) in [6.45, 7) is 0. The summed E-state index contributed by atoms with van der Waals surface area (Å²) in [4.78, 5) is 47.6. The molecule has 0 aromatic heterocycles. The number of carboxylic acid groups (broad SMARTS) is 2. The lowest BCUT2D eigenvalue weighted by Gasteiger charge is -1.98. The van der Waals surface area contributed by atoms with Crippen LogP contribution in [0.5, 0.6) is 0 Å². The van der Waals surface area contributed by atoms with Crippen LogP contribution in [0.4, 0.5) is 0 Å². The molecule has 0 bridgehead atoms. The van der Waals surface area contributed by atoms with Gasteiger partial charge in [-0.2, -0.15) is 0 Å². The summed E-state index contributed by atoms with van der Waals surface area (Å²) in [5, 5.41) is 16.1. The van der Waals surface area contributed by atoms with Gasteiger partial charge in [0.15, 0.2) is 0 Å². The van der Waals surface area contributed by atoms with E-state index in [0.29, 0.717) is 0 Å². The summed E-state index contributed by atoms with van der Waals surface area (Å²) in [5.74, 6) is -6.04. The van der Waals surface area contributed by atoms with Gasteiger partial charge in [0.05, 0.1) is 12.8 Å². The third kappa shape index (κ3) is 5.52. The Labute approximate surface area is 77.0 Å². The molecule has 0 radical (unpaired) electrons. The molecule has 0 amide bonds. The minimum atomic E-state index is -1.92. The fourth-order valence-corrected chi connectivity index (χ4v) is 0.371. The SMILES string of the molecule is O=C(O)CCC(=O)OOC(=O)C(=O)O. The Morgan fingerprint density at radius 2 is 1.50 bits per heavy atom. The highest BCUT2D eigenvalue weighted by atomic mass is 17.2. The Bertz CT molecular complexity index is 267.